The van der Waals surface area contributed by atoms with E-state index in [1.54, 1.807) is 6.92 Å². The van der Waals surface area contributed by atoms with Gasteiger partial charge in [0, 0.05) is 6.20 Å². The van der Waals surface area contributed by atoms with Gasteiger partial charge >= 0.3 is 5.97 Å². The summed E-state index contributed by atoms with van der Waals surface area (Å²) in [7, 11) is 0. The lowest BCUT2D eigenvalue weighted by Gasteiger charge is -2.11. The molecular formula is C10H11ClN2O3. The summed E-state index contributed by atoms with van der Waals surface area (Å²) in [4.78, 5) is 26.0. The standard InChI is InChI=1S/C10H11ClN2O3/c1-2-7(10(15)16)13-9(14)6-3-4-8(11)12-5-6/h3-5,7H,2H2,1H3,(H,13,14)(H,15,16)/t7-/m1/s1. The van der Waals surface area contributed by atoms with Gasteiger partial charge < -0.3 is 10.4 Å². The molecule has 0 fully saturated rings. The number of hydrogen-bond donors (Lipinski definition) is 2. The number of pyridine rings is 1. The zero-order valence-electron chi connectivity index (χ0n) is 8.61. The van der Waals surface area contributed by atoms with E-state index in [4.69, 9.17) is 16.7 Å². The van der Waals surface area contributed by atoms with Crippen LogP contribution in [0.5, 0.6) is 0 Å². The molecular weight excluding hydrogens is 232 g/mol. The van der Waals surface area contributed by atoms with Crippen molar-refractivity contribution in [3.63, 3.8) is 0 Å². The van der Waals surface area contributed by atoms with E-state index in [1.807, 2.05) is 0 Å². The van der Waals surface area contributed by atoms with Gasteiger partial charge in [0.15, 0.2) is 0 Å². The van der Waals surface area contributed by atoms with Crippen molar-refractivity contribution in [2.45, 2.75) is 19.4 Å². The van der Waals surface area contributed by atoms with Crippen LogP contribution in [0.4, 0.5) is 0 Å². The van der Waals surface area contributed by atoms with Crippen molar-refractivity contribution in [2.75, 3.05) is 0 Å². The molecule has 1 amide bonds. The molecule has 1 atom stereocenters. The zero-order chi connectivity index (χ0) is 12.1. The second-order valence-corrected chi connectivity index (χ2v) is 3.53. The van der Waals surface area contributed by atoms with Gasteiger partial charge in [-0.25, -0.2) is 9.78 Å². The molecule has 0 aliphatic rings. The van der Waals surface area contributed by atoms with Crippen molar-refractivity contribution in [2.24, 2.45) is 0 Å². The highest BCUT2D eigenvalue weighted by Gasteiger charge is 2.18. The summed E-state index contributed by atoms with van der Waals surface area (Å²) < 4.78 is 0. The van der Waals surface area contributed by atoms with Crippen molar-refractivity contribution in [1.29, 1.82) is 0 Å². The number of carbonyl (C=O) groups is 2. The van der Waals surface area contributed by atoms with Crippen molar-refractivity contribution in [1.82, 2.24) is 10.3 Å². The van der Waals surface area contributed by atoms with E-state index in [0.29, 0.717) is 6.42 Å². The molecule has 2 N–H and O–H groups in total. The molecule has 5 nitrogen and oxygen atoms in total. The normalized spacial score (nSPS) is 11.9. The number of nitrogens with zero attached hydrogens (tertiary/aromatic N) is 1. The van der Waals surface area contributed by atoms with Crippen LogP contribution in [-0.2, 0) is 4.79 Å². The molecule has 0 radical (unpaired) electrons. The number of aromatic nitrogens is 1. The van der Waals surface area contributed by atoms with Crippen molar-refractivity contribution >= 4 is 23.5 Å². The number of hydrogen-bond acceptors (Lipinski definition) is 3. The lowest BCUT2D eigenvalue weighted by molar-refractivity contribution is -0.139. The first-order chi connectivity index (χ1) is 7.54. The molecule has 0 spiro atoms. The maximum atomic E-state index is 11.6. The van der Waals surface area contributed by atoms with Crippen LogP contribution < -0.4 is 5.32 Å². The summed E-state index contributed by atoms with van der Waals surface area (Å²) in [5.41, 5.74) is 0.282. The first-order valence-corrected chi connectivity index (χ1v) is 5.07. The van der Waals surface area contributed by atoms with Gasteiger partial charge in [0.25, 0.3) is 5.91 Å². The molecule has 0 aliphatic carbocycles. The third kappa shape index (κ3) is 3.20. The van der Waals surface area contributed by atoms with Gasteiger partial charge in [-0.05, 0) is 18.6 Å². The Morgan fingerprint density at radius 2 is 2.25 bits per heavy atom. The number of halogens is 1. The minimum Gasteiger partial charge on any atom is -0.480 e. The summed E-state index contributed by atoms with van der Waals surface area (Å²) in [5, 5.41) is 11.4. The Hall–Kier alpha value is -1.62. The quantitative estimate of drug-likeness (QED) is 0.781. The Bertz CT molecular complexity index is 392. The molecule has 16 heavy (non-hydrogen) atoms. The van der Waals surface area contributed by atoms with Gasteiger partial charge in [-0.3, -0.25) is 4.79 Å². The molecule has 0 bridgehead atoms. The topological polar surface area (TPSA) is 79.3 Å². The number of aliphatic carboxylic acids is 1. The van der Waals surface area contributed by atoms with Gasteiger partial charge in [-0.15, -0.1) is 0 Å². The molecule has 1 aromatic heterocycles. The molecule has 0 aromatic carbocycles. The van der Waals surface area contributed by atoms with Crippen molar-refractivity contribution in [3.8, 4) is 0 Å². The third-order valence-corrected chi connectivity index (χ3v) is 2.22. The maximum Gasteiger partial charge on any atom is 0.326 e. The maximum absolute atomic E-state index is 11.6. The van der Waals surface area contributed by atoms with Crippen LogP contribution in [0.1, 0.15) is 23.7 Å². The molecule has 6 heteroatoms. The Labute approximate surface area is 97.4 Å². The van der Waals surface area contributed by atoms with E-state index in [-0.39, 0.29) is 10.7 Å². The van der Waals surface area contributed by atoms with Gasteiger partial charge in [0.05, 0.1) is 5.56 Å². The van der Waals surface area contributed by atoms with E-state index < -0.39 is 17.9 Å². The van der Waals surface area contributed by atoms with E-state index in [9.17, 15) is 9.59 Å². The minimum atomic E-state index is -1.06. The highest BCUT2D eigenvalue weighted by Crippen LogP contribution is 2.05. The van der Waals surface area contributed by atoms with E-state index in [1.165, 1.54) is 18.3 Å². The number of amides is 1. The third-order valence-electron chi connectivity index (χ3n) is 2.00. The highest BCUT2D eigenvalue weighted by atomic mass is 35.5. The lowest BCUT2D eigenvalue weighted by atomic mass is 10.2. The fourth-order valence-corrected chi connectivity index (χ4v) is 1.20. The predicted molar refractivity (Wildman–Crippen MR) is 58.4 cm³/mol. The molecule has 1 rings (SSSR count). The largest absolute Gasteiger partial charge is 0.480 e. The minimum absolute atomic E-state index is 0.279. The Balaban J connectivity index is 2.71. The molecule has 0 saturated carbocycles. The van der Waals surface area contributed by atoms with Gasteiger partial charge in [-0.2, -0.15) is 0 Å². The summed E-state index contributed by atoms with van der Waals surface area (Å²) in [6, 6.07) is 2.07. The van der Waals surface area contributed by atoms with Crippen molar-refractivity contribution in [3.05, 3.63) is 29.0 Å². The monoisotopic (exact) mass is 242 g/mol. The Morgan fingerprint density at radius 3 is 2.69 bits per heavy atom. The van der Waals surface area contributed by atoms with Crippen LogP contribution in [-0.4, -0.2) is 28.0 Å². The zero-order valence-corrected chi connectivity index (χ0v) is 9.36. The fraction of sp³-hybridized carbons (Fsp3) is 0.300. The number of carboxylic acid groups (broad SMARTS) is 1. The number of carbonyl (C=O) groups excluding carboxylic acids is 1. The first-order valence-electron chi connectivity index (χ1n) is 4.69. The Kier molecular flexibility index (Phi) is 4.25. The second kappa shape index (κ2) is 5.46. The molecule has 1 aromatic rings. The molecule has 0 saturated heterocycles. The van der Waals surface area contributed by atoms with Gasteiger partial charge in [0.1, 0.15) is 11.2 Å². The first kappa shape index (κ1) is 12.4. The van der Waals surface area contributed by atoms with Crippen LogP contribution in [0.3, 0.4) is 0 Å². The number of carboxylic acids is 1. The highest BCUT2D eigenvalue weighted by molar-refractivity contribution is 6.29. The van der Waals surface area contributed by atoms with E-state index >= 15 is 0 Å². The second-order valence-electron chi connectivity index (χ2n) is 3.14. The lowest BCUT2D eigenvalue weighted by Crippen LogP contribution is -2.40. The molecule has 0 aliphatic heterocycles. The van der Waals surface area contributed by atoms with Crippen LogP contribution in [0.2, 0.25) is 5.15 Å². The number of nitrogens with one attached hydrogen (secondary N) is 1. The van der Waals surface area contributed by atoms with Gasteiger partial charge in [-0.1, -0.05) is 18.5 Å². The summed E-state index contributed by atoms with van der Waals surface area (Å²) in [5.74, 6) is -1.53. The Morgan fingerprint density at radius 1 is 1.56 bits per heavy atom. The van der Waals surface area contributed by atoms with Crippen LogP contribution in [0.25, 0.3) is 0 Å². The number of rotatable bonds is 4. The van der Waals surface area contributed by atoms with Crippen LogP contribution in [0, 0.1) is 0 Å². The molecule has 0 unspecified atom stereocenters. The fourth-order valence-electron chi connectivity index (χ4n) is 1.09. The summed E-state index contributed by atoms with van der Waals surface area (Å²) in [6.07, 6.45) is 1.62. The van der Waals surface area contributed by atoms with Crippen LogP contribution >= 0.6 is 11.6 Å². The average molecular weight is 243 g/mol. The molecule has 86 valence electrons. The summed E-state index contributed by atoms with van der Waals surface area (Å²) in [6.45, 7) is 1.68. The average Bonchev–Trinajstić information content (AvgIpc) is 2.26. The van der Waals surface area contributed by atoms with Gasteiger partial charge in [0.2, 0.25) is 0 Å². The predicted octanol–water partition coefficient (Wildman–Crippen LogP) is 1.33. The summed E-state index contributed by atoms with van der Waals surface area (Å²) >= 11 is 5.56. The van der Waals surface area contributed by atoms with Crippen LogP contribution in [0.15, 0.2) is 18.3 Å². The molecule has 1 heterocycles. The van der Waals surface area contributed by atoms with E-state index in [0.717, 1.165) is 0 Å². The smallest absolute Gasteiger partial charge is 0.326 e. The van der Waals surface area contributed by atoms with Crippen molar-refractivity contribution < 1.29 is 14.7 Å². The van der Waals surface area contributed by atoms with E-state index in [2.05, 4.69) is 10.3 Å². The SMILES string of the molecule is CC[C@@H](NC(=O)c1ccc(Cl)nc1)C(=O)O.